The maximum atomic E-state index is 2.52. The van der Waals surface area contributed by atoms with Crippen molar-refractivity contribution in [1.82, 2.24) is 0 Å². The van der Waals surface area contributed by atoms with E-state index in [0.717, 1.165) is 22.6 Å². The molecule has 0 aliphatic carbocycles. The summed E-state index contributed by atoms with van der Waals surface area (Å²) in [4.78, 5) is 0. The number of hydrogen-bond acceptors (Lipinski definition) is 0. The summed E-state index contributed by atoms with van der Waals surface area (Å²) in [6, 6.07) is 9.64. The molecule has 2 heterocycles. The van der Waals surface area contributed by atoms with Gasteiger partial charge < -0.3 is 0 Å². The van der Waals surface area contributed by atoms with Gasteiger partial charge in [0.25, 0.3) is 0 Å². The first-order valence-electron chi connectivity index (χ1n) is 8.66. The van der Waals surface area contributed by atoms with E-state index in [1.165, 1.54) is 25.7 Å². The zero-order valence-electron chi connectivity index (χ0n) is 14.5. The third kappa shape index (κ3) is 5.27. The van der Waals surface area contributed by atoms with Crippen LogP contribution in [-0.4, -0.2) is 22.6 Å². The van der Waals surface area contributed by atoms with E-state index in [1.807, 2.05) is 10.6 Å². The molecule has 5 heteroatoms. The monoisotopic (exact) mass is 620 g/mol. The SMILES string of the molecule is C[C@@H]1CC[C@@H](C)[PH+]1c1ccccc1[PH+]1[C@H](C)CC[C@H]1C.[I][Ni][I]. The summed E-state index contributed by atoms with van der Waals surface area (Å²) in [5, 5.41) is 3.67. The Morgan fingerprint density at radius 3 is 1.26 bits per heavy atom. The Morgan fingerprint density at radius 1 is 0.739 bits per heavy atom. The van der Waals surface area contributed by atoms with Gasteiger partial charge in [-0.2, -0.15) is 0 Å². The summed E-state index contributed by atoms with van der Waals surface area (Å²) in [5.74, 6) is 0. The Hall–Kier alpha value is 2.03. The zero-order valence-corrected chi connectivity index (χ0v) is 21.8. The first-order chi connectivity index (χ1) is 11.0. The fourth-order valence-electron chi connectivity index (χ4n) is 4.64. The Labute approximate surface area is 174 Å². The summed E-state index contributed by atoms with van der Waals surface area (Å²) < 4.78 is 0. The molecule has 2 fully saturated rings. The molecule has 0 radical (unpaired) electrons. The van der Waals surface area contributed by atoms with Crippen LogP contribution in [0.4, 0.5) is 0 Å². The third-order valence-electron chi connectivity index (χ3n) is 5.74. The van der Waals surface area contributed by atoms with E-state index in [2.05, 4.69) is 92.9 Å². The van der Waals surface area contributed by atoms with Gasteiger partial charge in [0.05, 0.1) is 22.6 Å². The van der Waals surface area contributed by atoms with Crippen LogP contribution >= 0.6 is 56.8 Å². The van der Waals surface area contributed by atoms with E-state index in [4.69, 9.17) is 0 Å². The number of hydrogen-bond donors (Lipinski definition) is 0. The molecule has 2 aliphatic heterocycles. The normalized spacial score (nSPS) is 32.1. The molecule has 0 nitrogen and oxygen atoms in total. The summed E-state index contributed by atoms with van der Waals surface area (Å²) in [6.45, 7) is 10.1. The molecule has 1 aromatic rings. The second kappa shape index (κ2) is 10.4. The van der Waals surface area contributed by atoms with Crippen LogP contribution in [0.5, 0.6) is 0 Å². The minimum absolute atomic E-state index is 0.332. The van der Waals surface area contributed by atoms with Crippen LogP contribution in [0.25, 0.3) is 0 Å². The average molecular weight is 621 g/mol. The fraction of sp³-hybridized carbons (Fsp3) is 0.667. The van der Waals surface area contributed by atoms with Gasteiger partial charge in [-0.15, -0.1) is 0 Å². The molecule has 2 aliphatic rings. The number of benzene rings is 1. The summed E-state index contributed by atoms with van der Waals surface area (Å²) in [6.07, 6.45) is 5.88. The molecule has 2 saturated heterocycles. The Balaban J connectivity index is 0.000000595. The zero-order chi connectivity index (χ0) is 17.0. The van der Waals surface area contributed by atoms with E-state index < -0.39 is 0 Å². The predicted molar refractivity (Wildman–Crippen MR) is 127 cm³/mol. The van der Waals surface area contributed by atoms with Crippen molar-refractivity contribution in [2.45, 2.75) is 76.0 Å². The molecule has 0 bridgehead atoms. The van der Waals surface area contributed by atoms with Crippen molar-refractivity contribution in [1.29, 1.82) is 0 Å². The second-order valence-corrected chi connectivity index (χ2v) is 22.4. The van der Waals surface area contributed by atoms with E-state index in [9.17, 15) is 0 Å². The molecule has 3 rings (SSSR count). The van der Waals surface area contributed by atoms with Crippen LogP contribution in [0, 0.1) is 0 Å². The Bertz CT molecular complexity index is 437. The molecule has 0 aromatic heterocycles. The molecule has 23 heavy (non-hydrogen) atoms. The van der Waals surface area contributed by atoms with Gasteiger partial charge in [0.2, 0.25) is 0 Å². The number of rotatable bonds is 2. The summed E-state index contributed by atoms with van der Waals surface area (Å²) >= 11 is 4.43. The molecule has 0 spiro atoms. The van der Waals surface area contributed by atoms with Crippen molar-refractivity contribution < 1.29 is 8.07 Å². The van der Waals surface area contributed by atoms with E-state index >= 15 is 0 Å². The van der Waals surface area contributed by atoms with E-state index in [0.29, 0.717) is 0 Å². The Morgan fingerprint density at radius 2 is 1.00 bits per heavy atom. The van der Waals surface area contributed by atoms with Crippen LogP contribution in [0.1, 0.15) is 53.4 Å². The van der Waals surface area contributed by atoms with E-state index in [1.54, 1.807) is 8.07 Å². The van der Waals surface area contributed by atoms with Gasteiger partial charge in [-0.25, -0.2) is 0 Å². The maximum absolute atomic E-state index is 2.52. The van der Waals surface area contributed by atoms with E-state index in [-0.39, 0.29) is 15.8 Å². The quantitative estimate of drug-likeness (QED) is 0.208. The van der Waals surface area contributed by atoms with Crippen molar-refractivity contribution >= 4 is 67.4 Å². The Kier molecular flexibility index (Phi) is 9.64. The van der Waals surface area contributed by atoms with Crippen LogP contribution in [0.2, 0.25) is 0 Å². The second-order valence-electron chi connectivity index (χ2n) is 7.26. The third-order valence-corrected chi connectivity index (χ3v) is 13.5. The van der Waals surface area contributed by atoms with Crippen molar-refractivity contribution in [3.63, 3.8) is 0 Å². The van der Waals surface area contributed by atoms with Crippen molar-refractivity contribution in [2.75, 3.05) is 0 Å². The molecule has 0 saturated carbocycles. The molecule has 1 aromatic carbocycles. The van der Waals surface area contributed by atoms with Crippen molar-refractivity contribution in [2.24, 2.45) is 0 Å². The van der Waals surface area contributed by atoms with Crippen LogP contribution < -0.4 is 10.6 Å². The van der Waals surface area contributed by atoms with Gasteiger partial charge in [-0.3, -0.25) is 0 Å². The molecular weight excluding hydrogens is 591 g/mol. The topological polar surface area (TPSA) is 0 Å². The van der Waals surface area contributed by atoms with Gasteiger partial charge in [-0.1, -0.05) is 12.1 Å². The van der Waals surface area contributed by atoms with Crippen molar-refractivity contribution in [3.8, 4) is 0 Å². The first kappa shape index (κ1) is 21.3. The van der Waals surface area contributed by atoms with Gasteiger partial charge >= 0.3 is 49.0 Å². The molecule has 0 amide bonds. The summed E-state index contributed by atoms with van der Waals surface area (Å²) in [7, 11) is 0.901. The number of halogens is 2. The molecule has 4 atom stereocenters. The molecule has 134 valence electrons. The minimum atomic E-state index is -0.332. The van der Waals surface area contributed by atoms with Gasteiger partial charge in [0.15, 0.2) is 0 Å². The van der Waals surface area contributed by atoms with Gasteiger partial charge in [0, 0.05) is 15.8 Å². The van der Waals surface area contributed by atoms with Gasteiger partial charge in [0.1, 0.15) is 10.6 Å². The average Bonchev–Trinajstić information content (AvgIpc) is 3.02. The first-order valence-corrected chi connectivity index (χ1v) is 18.3. The molecular formula is C18H30I2NiP2+2. The van der Waals surface area contributed by atoms with Crippen LogP contribution in [0.3, 0.4) is 0 Å². The van der Waals surface area contributed by atoms with Crippen LogP contribution in [-0.2, 0) is 8.07 Å². The predicted octanol–water partition coefficient (Wildman–Crippen LogP) is 6.28. The molecule has 0 unspecified atom stereocenters. The standard InChI is InChI=1S/C18H28P2.2HI.Ni/c1-13-9-10-14(2)19(13)17-7-5-6-8-18(17)20-15(3)11-12-16(20)4;;;/h5-8,13-16H,9-12H2,1-4H3;2*1H;/q;;;+2/t13-,14-,15-,16-;;;/m1.../s1. The summed E-state index contributed by atoms with van der Waals surface area (Å²) in [5.41, 5.74) is 3.91. The van der Waals surface area contributed by atoms with Crippen LogP contribution in [0.15, 0.2) is 24.3 Å². The van der Waals surface area contributed by atoms with Gasteiger partial charge in [-0.05, 0) is 65.5 Å². The molecule has 0 N–H and O–H groups in total. The fourth-order valence-corrected chi connectivity index (χ4v) is 12.9. The van der Waals surface area contributed by atoms with Crippen molar-refractivity contribution in [3.05, 3.63) is 24.3 Å².